The lowest BCUT2D eigenvalue weighted by molar-refractivity contribution is -1.02. The average Bonchev–Trinajstić information content (AvgIpc) is 3.18. The Morgan fingerprint density at radius 1 is 0.964 bits per heavy atom. The number of rotatable bonds is 6. The van der Waals surface area contributed by atoms with Gasteiger partial charge in [0.15, 0.2) is 6.54 Å². The number of carbonyl (C=O) groups is 1. The van der Waals surface area contributed by atoms with Gasteiger partial charge < -0.3 is 19.9 Å². The number of carbonyl (C=O) groups excluding carboxylic acids is 1. The zero-order chi connectivity index (χ0) is 19.3. The van der Waals surface area contributed by atoms with Crippen molar-refractivity contribution in [1.82, 2.24) is 0 Å². The summed E-state index contributed by atoms with van der Waals surface area (Å²) in [6.45, 7) is 5.90. The summed E-state index contributed by atoms with van der Waals surface area (Å²) in [6, 6.07) is 14.7. The lowest BCUT2D eigenvalue weighted by Gasteiger charge is -2.29. The molecule has 0 aromatic heterocycles. The Bertz CT molecular complexity index is 811. The van der Waals surface area contributed by atoms with Crippen LogP contribution in [0, 0.1) is 0 Å². The summed E-state index contributed by atoms with van der Waals surface area (Å²) >= 11 is 0. The van der Waals surface area contributed by atoms with E-state index < -0.39 is 0 Å². The van der Waals surface area contributed by atoms with Crippen molar-refractivity contribution in [2.45, 2.75) is 25.8 Å². The quantitative estimate of drug-likeness (QED) is 0.665. The van der Waals surface area contributed by atoms with Gasteiger partial charge in [-0.05, 0) is 66.8 Å². The highest BCUT2D eigenvalue weighted by Crippen LogP contribution is 2.24. The molecule has 1 aliphatic heterocycles. The van der Waals surface area contributed by atoms with Crippen LogP contribution in [0.15, 0.2) is 42.5 Å². The lowest BCUT2D eigenvalue weighted by Crippen LogP contribution is -3.28. The van der Waals surface area contributed by atoms with Crippen LogP contribution in [0.2, 0.25) is 0 Å². The van der Waals surface area contributed by atoms with E-state index in [0.29, 0.717) is 6.54 Å². The van der Waals surface area contributed by atoms with Gasteiger partial charge >= 0.3 is 0 Å². The van der Waals surface area contributed by atoms with Gasteiger partial charge in [-0.15, -0.1) is 0 Å². The van der Waals surface area contributed by atoms with Gasteiger partial charge in [0, 0.05) is 11.3 Å². The van der Waals surface area contributed by atoms with Crippen LogP contribution in [0.25, 0.3) is 0 Å². The molecule has 1 heterocycles. The third kappa shape index (κ3) is 4.72. The fraction of sp³-hybridized carbons (Fsp3) is 0.435. The number of methoxy groups -OCH3 is 1. The Hall–Kier alpha value is -2.37. The second kappa shape index (κ2) is 8.76. The molecular formula is C23H31N3O2+2. The standard InChI is InChI=1S/C23H29N3O2/c1-28-22-9-5-18(6-10-22)16-25-11-13-26(14-12-25)17-23(27)24-21-8-7-19-3-2-4-20(19)15-21/h5-10,15H,2-4,11-14,16-17H2,1H3,(H,24,27)/p+2. The van der Waals surface area contributed by atoms with Crippen molar-refractivity contribution in [2.75, 3.05) is 45.2 Å². The Morgan fingerprint density at radius 3 is 2.43 bits per heavy atom. The SMILES string of the molecule is COc1ccc(C[NH+]2CC[NH+](CC(=O)Nc3ccc4c(c3)CCC4)CC2)cc1. The second-order valence-electron chi connectivity index (χ2n) is 8.09. The van der Waals surface area contributed by atoms with Crippen LogP contribution < -0.4 is 19.9 Å². The van der Waals surface area contributed by atoms with Crippen molar-refractivity contribution in [3.05, 3.63) is 59.2 Å². The molecule has 0 saturated carbocycles. The number of piperazine rings is 1. The van der Waals surface area contributed by atoms with Crippen LogP contribution in [0.1, 0.15) is 23.1 Å². The van der Waals surface area contributed by atoms with E-state index in [9.17, 15) is 4.79 Å². The molecule has 3 N–H and O–H groups in total. The molecule has 1 aliphatic carbocycles. The molecule has 0 spiro atoms. The van der Waals surface area contributed by atoms with Gasteiger partial charge in [-0.2, -0.15) is 0 Å². The number of hydrogen-bond donors (Lipinski definition) is 3. The molecule has 0 radical (unpaired) electrons. The molecule has 5 nitrogen and oxygen atoms in total. The van der Waals surface area contributed by atoms with Crippen molar-refractivity contribution in [2.24, 2.45) is 0 Å². The fourth-order valence-corrected chi connectivity index (χ4v) is 4.42. The maximum atomic E-state index is 12.5. The maximum absolute atomic E-state index is 12.5. The normalized spacial score (nSPS) is 21.2. The zero-order valence-corrected chi connectivity index (χ0v) is 16.7. The van der Waals surface area contributed by atoms with E-state index in [2.05, 4.69) is 29.6 Å². The van der Waals surface area contributed by atoms with Gasteiger partial charge in [-0.25, -0.2) is 0 Å². The van der Waals surface area contributed by atoms with E-state index in [1.54, 1.807) is 12.0 Å². The molecule has 1 amide bonds. The number of amides is 1. The van der Waals surface area contributed by atoms with Crippen LogP contribution in [0.5, 0.6) is 5.75 Å². The zero-order valence-electron chi connectivity index (χ0n) is 16.7. The first-order chi connectivity index (χ1) is 13.7. The van der Waals surface area contributed by atoms with Crippen molar-refractivity contribution in [3.63, 3.8) is 0 Å². The summed E-state index contributed by atoms with van der Waals surface area (Å²) in [7, 11) is 1.70. The predicted molar refractivity (Wildman–Crippen MR) is 110 cm³/mol. The minimum absolute atomic E-state index is 0.131. The van der Waals surface area contributed by atoms with E-state index >= 15 is 0 Å². The maximum Gasteiger partial charge on any atom is 0.279 e. The highest BCUT2D eigenvalue weighted by molar-refractivity contribution is 5.91. The van der Waals surface area contributed by atoms with Crippen molar-refractivity contribution < 1.29 is 19.3 Å². The monoisotopic (exact) mass is 381 g/mol. The van der Waals surface area contributed by atoms with Gasteiger partial charge in [0.05, 0.1) is 7.11 Å². The third-order valence-corrected chi connectivity index (χ3v) is 6.07. The number of fused-ring (bicyclic) bond motifs is 1. The number of quaternary nitrogens is 2. The minimum Gasteiger partial charge on any atom is -0.497 e. The van der Waals surface area contributed by atoms with Gasteiger partial charge in [-0.1, -0.05) is 6.07 Å². The third-order valence-electron chi connectivity index (χ3n) is 6.07. The van der Waals surface area contributed by atoms with E-state index in [4.69, 9.17) is 4.74 Å². The minimum atomic E-state index is 0.131. The molecule has 5 heteroatoms. The van der Waals surface area contributed by atoms with E-state index in [1.165, 1.54) is 34.4 Å². The summed E-state index contributed by atoms with van der Waals surface area (Å²) in [4.78, 5) is 15.4. The summed E-state index contributed by atoms with van der Waals surface area (Å²) in [5.74, 6) is 1.04. The van der Waals surface area contributed by atoms with Crippen molar-refractivity contribution in [3.8, 4) is 5.75 Å². The summed E-state index contributed by atoms with van der Waals surface area (Å²) < 4.78 is 5.23. The van der Waals surface area contributed by atoms with Crippen molar-refractivity contribution in [1.29, 1.82) is 0 Å². The molecule has 2 aliphatic rings. The van der Waals surface area contributed by atoms with Crippen LogP contribution in [-0.4, -0.2) is 45.7 Å². The van der Waals surface area contributed by atoms with Gasteiger partial charge in [0.1, 0.15) is 38.5 Å². The summed E-state index contributed by atoms with van der Waals surface area (Å²) in [5.41, 5.74) is 5.14. The number of ether oxygens (including phenoxy) is 1. The molecule has 1 saturated heterocycles. The first kappa shape index (κ1) is 19.0. The molecule has 0 unspecified atom stereocenters. The molecule has 0 atom stereocenters. The Morgan fingerprint density at radius 2 is 1.68 bits per heavy atom. The molecule has 1 fully saturated rings. The van der Waals surface area contributed by atoms with Crippen LogP contribution in [0.3, 0.4) is 0 Å². The number of anilines is 1. The predicted octanol–water partition coefficient (Wildman–Crippen LogP) is 0.106. The van der Waals surface area contributed by atoms with Crippen molar-refractivity contribution >= 4 is 11.6 Å². The number of nitrogens with one attached hydrogen (secondary N) is 3. The Kier molecular flexibility index (Phi) is 5.93. The van der Waals surface area contributed by atoms with E-state index in [-0.39, 0.29) is 5.91 Å². The number of benzene rings is 2. The molecule has 28 heavy (non-hydrogen) atoms. The van der Waals surface area contributed by atoms with Gasteiger partial charge in [0.25, 0.3) is 5.91 Å². The number of aryl methyl sites for hydroxylation is 2. The largest absolute Gasteiger partial charge is 0.497 e. The summed E-state index contributed by atoms with van der Waals surface area (Å²) in [5, 5.41) is 3.10. The highest BCUT2D eigenvalue weighted by atomic mass is 16.5. The van der Waals surface area contributed by atoms with Crippen LogP contribution >= 0.6 is 0 Å². The van der Waals surface area contributed by atoms with E-state index in [0.717, 1.165) is 50.6 Å². The van der Waals surface area contributed by atoms with Gasteiger partial charge in [0.2, 0.25) is 0 Å². The Balaban J connectivity index is 1.22. The topological polar surface area (TPSA) is 47.2 Å². The molecule has 148 valence electrons. The fourth-order valence-electron chi connectivity index (χ4n) is 4.42. The number of hydrogen-bond acceptors (Lipinski definition) is 2. The second-order valence-corrected chi connectivity index (χ2v) is 8.09. The molecule has 0 bridgehead atoms. The highest BCUT2D eigenvalue weighted by Gasteiger charge is 2.25. The van der Waals surface area contributed by atoms with Gasteiger partial charge in [-0.3, -0.25) is 4.79 Å². The molecule has 2 aromatic carbocycles. The molecule has 2 aromatic rings. The lowest BCUT2D eigenvalue weighted by atomic mass is 10.1. The van der Waals surface area contributed by atoms with E-state index in [1.807, 2.05) is 18.2 Å². The Labute approximate surface area is 167 Å². The molecular weight excluding hydrogens is 350 g/mol. The van der Waals surface area contributed by atoms with Crippen LogP contribution in [0.4, 0.5) is 5.69 Å². The van der Waals surface area contributed by atoms with Crippen LogP contribution in [-0.2, 0) is 24.2 Å². The first-order valence-corrected chi connectivity index (χ1v) is 10.4. The smallest absolute Gasteiger partial charge is 0.279 e. The summed E-state index contributed by atoms with van der Waals surface area (Å²) in [6.07, 6.45) is 3.56. The first-order valence-electron chi connectivity index (χ1n) is 10.4. The molecule has 4 rings (SSSR count). The average molecular weight is 382 g/mol.